The summed E-state index contributed by atoms with van der Waals surface area (Å²) in [5.74, 6) is 0.651. The second-order valence-electron chi connectivity index (χ2n) is 5.76. The summed E-state index contributed by atoms with van der Waals surface area (Å²) < 4.78 is 28.8. The molecule has 1 aromatic heterocycles. The molecule has 0 radical (unpaired) electrons. The lowest BCUT2D eigenvalue weighted by Gasteiger charge is -2.43. The van der Waals surface area contributed by atoms with E-state index in [9.17, 15) is 0 Å². The number of hydrogen-bond acceptors (Lipinski definition) is 6. The van der Waals surface area contributed by atoms with E-state index in [4.69, 9.17) is 23.7 Å². The Hall–Kier alpha value is -1.73. The van der Waals surface area contributed by atoms with Crippen LogP contribution in [0, 0.1) is 0 Å². The minimum absolute atomic E-state index is 0.195. The molecule has 130 valence electrons. The molecule has 2 heterocycles. The van der Waals surface area contributed by atoms with E-state index < -0.39 is 12.4 Å². The highest BCUT2D eigenvalue weighted by Gasteiger charge is 2.46. The Kier molecular flexibility index (Phi) is 5.30. The van der Waals surface area contributed by atoms with Crippen molar-refractivity contribution in [1.82, 2.24) is 4.98 Å². The van der Waals surface area contributed by atoms with Crippen LogP contribution in [0.1, 0.15) is 6.92 Å². The number of nitrogens with zero attached hydrogens (tertiary/aromatic N) is 1. The second kappa shape index (κ2) is 7.44. The van der Waals surface area contributed by atoms with Crippen molar-refractivity contribution in [3.8, 4) is 5.75 Å². The lowest BCUT2D eigenvalue weighted by molar-refractivity contribution is -0.282. The van der Waals surface area contributed by atoms with E-state index in [1.807, 2.05) is 37.3 Å². The summed E-state index contributed by atoms with van der Waals surface area (Å²) in [7, 11) is 4.89. The van der Waals surface area contributed by atoms with Crippen LogP contribution >= 0.6 is 0 Å². The third-order valence-electron chi connectivity index (χ3n) is 4.38. The highest BCUT2D eigenvalue weighted by Crippen LogP contribution is 2.31. The SMILES string of the molecule is CO[C@@H]1[C@@H](OC)[C@H](C)O[C@@H](Oc2cccc3cccnc23)[C@@H]1OC. The maximum Gasteiger partial charge on any atom is 0.229 e. The summed E-state index contributed by atoms with van der Waals surface area (Å²) >= 11 is 0. The van der Waals surface area contributed by atoms with Gasteiger partial charge in [-0.15, -0.1) is 0 Å². The van der Waals surface area contributed by atoms with Gasteiger partial charge in [-0.1, -0.05) is 18.2 Å². The predicted octanol–water partition coefficient (Wildman–Crippen LogP) is 2.40. The fourth-order valence-corrected chi connectivity index (χ4v) is 3.21. The van der Waals surface area contributed by atoms with Crippen LogP contribution in [0.5, 0.6) is 5.75 Å². The minimum Gasteiger partial charge on any atom is -0.460 e. The first-order valence-corrected chi connectivity index (χ1v) is 7.93. The molecule has 6 heteroatoms. The van der Waals surface area contributed by atoms with Crippen LogP contribution in [0.4, 0.5) is 0 Å². The molecule has 0 saturated carbocycles. The molecule has 1 fully saturated rings. The number of aromatic nitrogens is 1. The summed E-state index contributed by atoms with van der Waals surface area (Å²) in [6, 6.07) is 9.69. The van der Waals surface area contributed by atoms with E-state index >= 15 is 0 Å². The van der Waals surface area contributed by atoms with Gasteiger partial charge in [0.1, 0.15) is 29.6 Å². The average molecular weight is 333 g/mol. The number of fused-ring (bicyclic) bond motifs is 1. The van der Waals surface area contributed by atoms with Gasteiger partial charge in [0.05, 0.1) is 6.10 Å². The average Bonchev–Trinajstić information content (AvgIpc) is 2.61. The van der Waals surface area contributed by atoms with Crippen LogP contribution in [0.15, 0.2) is 36.5 Å². The fourth-order valence-electron chi connectivity index (χ4n) is 3.21. The molecule has 1 aromatic carbocycles. The van der Waals surface area contributed by atoms with E-state index in [1.54, 1.807) is 27.5 Å². The summed E-state index contributed by atoms with van der Waals surface area (Å²) in [6.07, 6.45) is -0.0165. The van der Waals surface area contributed by atoms with Crippen LogP contribution in [-0.2, 0) is 18.9 Å². The lowest BCUT2D eigenvalue weighted by Crippen LogP contribution is -2.60. The van der Waals surface area contributed by atoms with Gasteiger partial charge in [-0.25, -0.2) is 0 Å². The molecule has 0 unspecified atom stereocenters. The second-order valence-corrected chi connectivity index (χ2v) is 5.76. The van der Waals surface area contributed by atoms with Crippen molar-refractivity contribution in [1.29, 1.82) is 0 Å². The normalized spacial score (nSPS) is 30.4. The summed E-state index contributed by atoms with van der Waals surface area (Å²) in [5.41, 5.74) is 0.786. The van der Waals surface area contributed by atoms with Crippen LogP contribution in [-0.4, -0.2) is 57.0 Å². The highest BCUT2D eigenvalue weighted by molar-refractivity contribution is 5.84. The van der Waals surface area contributed by atoms with Crippen molar-refractivity contribution in [2.24, 2.45) is 0 Å². The molecule has 0 spiro atoms. The topological polar surface area (TPSA) is 59.0 Å². The largest absolute Gasteiger partial charge is 0.460 e. The molecule has 6 nitrogen and oxygen atoms in total. The summed E-state index contributed by atoms with van der Waals surface area (Å²) in [6.45, 7) is 1.93. The van der Waals surface area contributed by atoms with Gasteiger partial charge in [0.15, 0.2) is 0 Å². The molecule has 0 N–H and O–H groups in total. The maximum absolute atomic E-state index is 6.12. The molecule has 3 rings (SSSR count). The van der Waals surface area contributed by atoms with Gasteiger partial charge in [-0.05, 0) is 19.1 Å². The van der Waals surface area contributed by atoms with Crippen molar-refractivity contribution in [3.63, 3.8) is 0 Å². The van der Waals surface area contributed by atoms with E-state index in [0.717, 1.165) is 10.9 Å². The Labute approximate surface area is 141 Å². The first kappa shape index (κ1) is 17.1. The molecule has 1 aliphatic rings. The molecule has 0 amide bonds. The Bertz CT molecular complexity index is 674. The van der Waals surface area contributed by atoms with Gasteiger partial charge in [0.2, 0.25) is 6.29 Å². The minimum atomic E-state index is -0.617. The van der Waals surface area contributed by atoms with E-state index in [2.05, 4.69) is 4.98 Å². The van der Waals surface area contributed by atoms with Crippen molar-refractivity contribution in [2.45, 2.75) is 37.6 Å². The number of hydrogen-bond donors (Lipinski definition) is 0. The third-order valence-corrected chi connectivity index (χ3v) is 4.38. The Balaban J connectivity index is 1.90. The Morgan fingerprint density at radius 2 is 1.62 bits per heavy atom. The number of rotatable bonds is 5. The number of pyridine rings is 1. The molecular formula is C18H23NO5. The van der Waals surface area contributed by atoms with E-state index in [0.29, 0.717) is 5.75 Å². The number of methoxy groups -OCH3 is 3. The van der Waals surface area contributed by atoms with Crippen LogP contribution < -0.4 is 4.74 Å². The third kappa shape index (κ3) is 3.10. The molecule has 0 bridgehead atoms. The summed E-state index contributed by atoms with van der Waals surface area (Å²) in [5, 5.41) is 1.01. The van der Waals surface area contributed by atoms with Crippen LogP contribution in [0.25, 0.3) is 10.9 Å². The standard InChI is InChI=1S/C18H23NO5/c1-11-15(20-2)16(21-3)17(22-4)18(23-11)24-13-9-5-7-12-8-6-10-19-14(12)13/h5-11,15-18H,1-4H3/t11-,15-,16+,17+,18-/m0/s1. The zero-order valence-electron chi connectivity index (χ0n) is 14.3. The van der Waals surface area contributed by atoms with Gasteiger partial charge in [-0.2, -0.15) is 0 Å². The molecule has 5 atom stereocenters. The Morgan fingerprint density at radius 1 is 0.917 bits per heavy atom. The van der Waals surface area contributed by atoms with Gasteiger partial charge < -0.3 is 23.7 Å². The molecule has 0 aliphatic carbocycles. The first-order chi connectivity index (χ1) is 11.7. The highest BCUT2D eigenvalue weighted by atomic mass is 16.7. The monoisotopic (exact) mass is 333 g/mol. The first-order valence-electron chi connectivity index (χ1n) is 7.93. The summed E-state index contributed by atoms with van der Waals surface area (Å²) in [4.78, 5) is 4.41. The Morgan fingerprint density at radius 3 is 2.33 bits per heavy atom. The fraction of sp³-hybridized carbons (Fsp3) is 0.500. The van der Waals surface area contributed by atoms with Gasteiger partial charge in [0.25, 0.3) is 0 Å². The molecular weight excluding hydrogens is 310 g/mol. The van der Waals surface area contributed by atoms with Crippen LogP contribution in [0.2, 0.25) is 0 Å². The molecule has 2 aromatic rings. The van der Waals surface area contributed by atoms with Crippen molar-refractivity contribution >= 4 is 10.9 Å². The van der Waals surface area contributed by atoms with Gasteiger partial charge in [-0.3, -0.25) is 4.98 Å². The zero-order valence-corrected chi connectivity index (χ0v) is 14.3. The maximum atomic E-state index is 6.12. The number of ether oxygens (including phenoxy) is 5. The molecule has 24 heavy (non-hydrogen) atoms. The smallest absolute Gasteiger partial charge is 0.229 e. The van der Waals surface area contributed by atoms with E-state index in [-0.39, 0.29) is 18.3 Å². The van der Waals surface area contributed by atoms with Crippen molar-refractivity contribution in [3.05, 3.63) is 36.5 Å². The number of para-hydroxylation sites is 1. The van der Waals surface area contributed by atoms with Crippen molar-refractivity contribution in [2.75, 3.05) is 21.3 Å². The quantitative estimate of drug-likeness (QED) is 0.837. The number of benzene rings is 1. The van der Waals surface area contributed by atoms with E-state index in [1.165, 1.54) is 0 Å². The lowest BCUT2D eigenvalue weighted by atomic mass is 9.99. The molecule has 1 saturated heterocycles. The molecule has 1 aliphatic heterocycles. The van der Waals surface area contributed by atoms with Gasteiger partial charge in [0, 0.05) is 32.9 Å². The predicted molar refractivity (Wildman–Crippen MR) is 89.1 cm³/mol. The van der Waals surface area contributed by atoms with Gasteiger partial charge >= 0.3 is 0 Å². The van der Waals surface area contributed by atoms with Crippen LogP contribution in [0.3, 0.4) is 0 Å². The zero-order chi connectivity index (χ0) is 17.1. The van der Waals surface area contributed by atoms with Crippen molar-refractivity contribution < 1.29 is 23.7 Å².